The van der Waals surface area contributed by atoms with Crippen molar-refractivity contribution >= 4 is 5.91 Å². The molecule has 116 valence electrons. The number of carbonyl (C=O) groups excluding carboxylic acids is 1. The highest BCUT2D eigenvalue weighted by molar-refractivity contribution is 5.81. The lowest BCUT2D eigenvalue weighted by molar-refractivity contribution is -0.127. The summed E-state index contributed by atoms with van der Waals surface area (Å²) in [6.45, 7) is 5.79. The maximum Gasteiger partial charge on any atom is 0.260 e. The molecule has 0 bridgehead atoms. The van der Waals surface area contributed by atoms with Gasteiger partial charge in [0.05, 0.1) is 0 Å². The first-order valence-corrected chi connectivity index (χ1v) is 7.72. The van der Waals surface area contributed by atoms with Crippen molar-refractivity contribution < 1.29 is 9.53 Å². The zero-order valence-electron chi connectivity index (χ0n) is 13.4. The molecule has 0 radical (unpaired) electrons. The van der Waals surface area contributed by atoms with Crippen molar-refractivity contribution in [2.24, 2.45) is 0 Å². The van der Waals surface area contributed by atoms with Gasteiger partial charge in [0, 0.05) is 6.04 Å². The van der Waals surface area contributed by atoms with Gasteiger partial charge in [0.1, 0.15) is 5.75 Å². The number of benzene rings is 2. The molecule has 0 heterocycles. The summed E-state index contributed by atoms with van der Waals surface area (Å²) in [5.41, 5.74) is 2.29. The van der Waals surface area contributed by atoms with Crippen molar-refractivity contribution in [1.29, 1.82) is 0 Å². The minimum absolute atomic E-state index is 0.0820. The van der Waals surface area contributed by atoms with Crippen LogP contribution in [0.2, 0.25) is 0 Å². The topological polar surface area (TPSA) is 38.3 Å². The molecule has 3 heteroatoms. The molecule has 22 heavy (non-hydrogen) atoms. The number of rotatable bonds is 6. The Kier molecular flexibility index (Phi) is 5.59. The maximum absolute atomic E-state index is 12.0. The Labute approximate surface area is 132 Å². The summed E-state index contributed by atoms with van der Waals surface area (Å²) in [6, 6.07) is 18.1. The zero-order chi connectivity index (χ0) is 15.9. The standard InChI is InChI=1S/C19H23NO2/c1-4-14(2)20-19(21)15(3)22-18-12-10-17(11-13-18)16-8-6-5-7-9-16/h5-15H,4H2,1-3H3,(H,20,21). The van der Waals surface area contributed by atoms with E-state index < -0.39 is 6.10 Å². The van der Waals surface area contributed by atoms with Gasteiger partial charge in [-0.1, -0.05) is 49.4 Å². The number of carbonyl (C=O) groups is 1. The van der Waals surface area contributed by atoms with Gasteiger partial charge in [0.2, 0.25) is 0 Å². The molecule has 0 saturated heterocycles. The highest BCUT2D eigenvalue weighted by Gasteiger charge is 2.16. The molecule has 2 aromatic rings. The van der Waals surface area contributed by atoms with Crippen molar-refractivity contribution in [3.8, 4) is 16.9 Å². The second kappa shape index (κ2) is 7.64. The summed E-state index contributed by atoms with van der Waals surface area (Å²) in [7, 11) is 0. The van der Waals surface area contributed by atoms with Gasteiger partial charge in [-0.2, -0.15) is 0 Å². The molecule has 2 atom stereocenters. The fraction of sp³-hybridized carbons (Fsp3) is 0.316. The molecule has 0 aromatic heterocycles. The number of hydrogen-bond donors (Lipinski definition) is 1. The normalized spacial score (nSPS) is 13.2. The van der Waals surface area contributed by atoms with Crippen molar-refractivity contribution in [3.05, 3.63) is 54.6 Å². The first-order chi connectivity index (χ1) is 10.6. The van der Waals surface area contributed by atoms with E-state index in [1.54, 1.807) is 6.92 Å². The average molecular weight is 297 g/mol. The summed E-state index contributed by atoms with van der Waals surface area (Å²) in [4.78, 5) is 12.0. The van der Waals surface area contributed by atoms with Gasteiger partial charge in [-0.05, 0) is 43.5 Å². The van der Waals surface area contributed by atoms with Crippen LogP contribution in [0.4, 0.5) is 0 Å². The van der Waals surface area contributed by atoms with Crippen LogP contribution in [-0.2, 0) is 4.79 Å². The molecule has 2 unspecified atom stereocenters. The second-order valence-corrected chi connectivity index (χ2v) is 5.47. The van der Waals surface area contributed by atoms with E-state index in [1.165, 1.54) is 0 Å². The highest BCUT2D eigenvalue weighted by atomic mass is 16.5. The molecule has 0 aliphatic carbocycles. The largest absolute Gasteiger partial charge is 0.481 e. The predicted octanol–water partition coefficient (Wildman–Crippen LogP) is 4.04. The fourth-order valence-corrected chi connectivity index (χ4v) is 2.08. The number of hydrogen-bond acceptors (Lipinski definition) is 2. The summed E-state index contributed by atoms with van der Waals surface area (Å²) in [5, 5.41) is 2.92. The third kappa shape index (κ3) is 4.35. The van der Waals surface area contributed by atoms with Crippen LogP contribution in [0.15, 0.2) is 54.6 Å². The van der Waals surface area contributed by atoms with Gasteiger partial charge in [0.15, 0.2) is 6.10 Å². The lowest BCUT2D eigenvalue weighted by Gasteiger charge is -2.18. The molecule has 0 spiro atoms. The van der Waals surface area contributed by atoms with Crippen molar-refractivity contribution in [2.75, 3.05) is 0 Å². The molecular weight excluding hydrogens is 274 g/mol. The average Bonchev–Trinajstić information content (AvgIpc) is 2.56. The molecular formula is C19H23NO2. The molecule has 2 aromatic carbocycles. The molecule has 0 fully saturated rings. The van der Waals surface area contributed by atoms with Crippen molar-refractivity contribution in [3.63, 3.8) is 0 Å². The van der Waals surface area contributed by atoms with Crippen LogP contribution < -0.4 is 10.1 Å². The number of amides is 1. The zero-order valence-corrected chi connectivity index (χ0v) is 13.4. The number of ether oxygens (including phenoxy) is 1. The van der Waals surface area contributed by atoms with Crippen LogP contribution in [0.3, 0.4) is 0 Å². The minimum atomic E-state index is -0.503. The summed E-state index contributed by atoms with van der Waals surface area (Å²) in [5.74, 6) is 0.618. The minimum Gasteiger partial charge on any atom is -0.481 e. The molecule has 2 rings (SSSR count). The van der Waals surface area contributed by atoms with Crippen LogP contribution in [0.1, 0.15) is 27.2 Å². The Bertz CT molecular complexity index is 593. The Balaban J connectivity index is 1.98. The predicted molar refractivity (Wildman–Crippen MR) is 89.9 cm³/mol. The van der Waals surface area contributed by atoms with Crippen LogP contribution in [0.5, 0.6) is 5.75 Å². The summed E-state index contributed by atoms with van der Waals surface area (Å²) < 4.78 is 5.70. The van der Waals surface area contributed by atoms with Gasteiger partial charge in [-0.15, -0.1) is 0 Å². The van der Waals surface area contributed by atoms with Gasteiger partial charge < -0.3 is 10.1 Å². The lowest BCUT2D eigenvalue weighted by Crippen LogP contribution is -2.40. The van der Waals surface area contributed by atoms with E-state index in [-0.39, 0.29) is 11.9 Å². The van der Waals surface area contributed by atoms with Gasteiger partial charge >= 0.3 is 0 Å². The summed E-state index contributed by atoms with van der Waals surface area (Å²) >= 11 is 0. The van der Waals surface area contributed by atoms with E-state index in [4.69, 9.17) is 4.74 Å². The SMILES string of the molecule is CCC(C)NC(=O)C(C)Oc1ccc(-c2ccccc2)cc1. The van der Waals surface area contributed by atoms with E-state index in [9.17, 15) is 4.79 Å². The third-order valence-corrected chi connectivity index (χ3v) is 3.64. The molecule has 0 saturated carbocycles. The van der Waals surface area contributed by atoms with Crippen LogP contribution >= 0.6 is 0 Å². The van der Waals surface area contributed by atoms with Crippen molar-refractivity contribution in [1.82, 2.24) is 5.32 Å². The van der Waals surface area contributed by atoms with E-state index in [0.29, 0.717) is 5.75 Å². The van der Waals surface area contributed by atoms with Crippen LogP contribution in [0.25, 0.3) is 11.1 Å². The van der Waals surface area contributed by atoms with Gasteiger partial charge in [0.25, 0.3) is 5.91 Å². The van der Waals surface area contributed by atoms with Crippen molar-refractivity contribution in [2.45, 2.75) is 39.3 Å². The summed E-state index contributed by atoms with van der Waals surface area (Å²) in [6.07, 6.45) is 0.404. The van der Waals surface area contributed by atoms with E-state index >= 15 is 0 Å². The van der Waals surface area contributed by atoms with Crippen LogP contribution in [0, 0.1) is 0 Å². The van der Waals surface area contributed by atoms with Gasteiger partial charge in [-0.25, -0.2) is 0 Å². The quantitative estimate of drug-likeness (QED) is 0.874. The Hall–Kier alpha value is -2.29. The first kappa shape index (κ1) is 16.1. The fourth-order valence-electron chi connectivity index (χ4n) is 2.08. The Morgan fingerprint density at radius 3 is 2.18 bits per heavy atom. The maximum atomic E-state index is 12.0. The molecule has 3 nitrogen and oxygen atoms in total. The third-order valence-electron chi connectivity index (χ3n) is 3.64. The molecule has 1 N–H and O–H groups in total. The highest BCUT2D eigenvalue weighted by Crippen LogP contribution is 2.22. The van der Waals surface area contributed by atoms with Gasteiger partial charge in [-0.3, -0.25) is 4.79 Å². The van der Waals surface area contributed by atoms with E-state index in [2.05, 4.69) is 17.4 Å². The molecule has 0 aliphatic rings. The van der Waals surface area contributed by atoms with E-state index in [1.807, 2.05) is 56.3 Å². The Morgan fingerprint density at radius 1 is 1.00 bits per heavy atom. The second-order valence-electron chi connectivity index (χ2n) is 5.47. The van der Waals surface area contributed by atoms with Crippen LogP contribution in [-0.4, -0.2) is 18.1 Å². The lowest BCUT2D eigenvalue weighted by atomic mass is 10.1. The van der Waals surface area contributed by atoms with E-state index in [0.717, 1.165) is 17.5 Å². The molecule has 1 amide bonds. The Morgan fingerprint density at radius 2 is 1.59 bits per heavy atom. The molecule has 0 aliphatic heterocycles. The monoisotopic (exact) mass is 297 g/mol. The first-order valence-electron chi connectivity index (χ1n) is 7.72. The smallest absolute Gasteiger partial charge is 0.260 e. The number of nitrogens with one attached hydrogen (secondary N) is 1.